The molecule has 1 aliphatic carbocycles. The lowest BCUT2D eigenvalue weighted by Gasteiger charge is -2.26. The van der Waals surface area contributed by atoms with Crippen molar-refractivity contribution in [1.82, 2.24) is 0 Å². The number of rotatable bonds is 3. The standard InChI is InChI=1S/C18H23NO2/c1-18(2)12-7-10-15(18)17(21)19-16-11-4-3-8-14(16)9-5-6-13-20/h3-4,8,11,15,20H,6-7,10,12-13H2,1-2H3,(H,19,21). The van der Waals surface area contributed by atoms with E-state index in [1.807, 2.05) is 24.3 Å². The fraction of sp³-hybridized carbons (Fsp3) is 0.500. The monoisotopic (exact) mass is 285 g/mol. The number of aliphatic hydroxyl groups is 1. The van der Waals surface area contributed by atoms with Crippen molar-refractivity contribution < 1.29 is 9.90 Å². The molecule has 0 bridgehead atoms. The highest BCUT2D eigenvalue weighted by molar-refractivity contribution is 5.94. The van der Waals surface area contributed by atoms with Crippen LogP contribution in [0.2, 0.25) is 0 Å². The third kappa shape index (κ3) is 3.86. The second-order valence-corrected chi connectivity index (χ2v) is 6.24. The van der Waals surface area contributed by atoms with Crippen LogP contribution in [-0.2, 0) is 4.79 Å². The van der Waals surface area contributed by atoms with Gasteiger partial charge < -0.3 is 10.4 Å². The molecule has 112 valence electrons. The van der Waals surface area contributed by atoms with Crippen molar-refractivity contribution in [2.45, 2.75) is 39.5 Å². The van der Waals surface area contributed by atoms with Crippen LogP contribution in [0.1, 0.15) is 45.1 Å². The van der Waals surface area contributed by atoms with Gasteiger partial charge in [0.15, 0.2) is 0 Å². The van der Waals surface area contributed by atoms with Crippen molar-refractivity contribution in [1.29, 1.82) is 0 Å². The molecule has 1 atom stereocenters. The Kier molecular flexibility index (Phi) is 5.03. The summed E-state index contributed by atoms with van der Waals surface area (Å²) in [7, 11) is 0. The molecule has 0 saturated heterocycles. The van der Waals surface area contributed by atoms with E-state index in [-0.39, 0.29) is 23.8 Å². The molecule has 1 saturated carbocycles. The Morgan fingerprint density at radius 1 is 1.43 bits per heavy atom. The summed E-state index contributed by atoms with van der Waals surface area (Å²) in [6.07, 6.45) is 3.61. The van der Waals surface area contributed by atoms with E-state index in [1.165, 1.54) is 0 Å². The largest absolute Gasteiger partial charge is 0.395 e. The van der Waals surface area contributed by atoms with Crippen LogP contribution < -0.4 is 5.32 Å². The molecule has 0 aliphatic heterocycles. The van der Waals surface area contributed by atoms with Crippen LogP contribution >= 0.6 is 0 Å². The van der Waals surface area contributed by atoms with Crippen molar-refractivity contribution >= 4 is 11.6 Å². The Bertz CT molecular complexity index is 566. The number of anilines is 1. The van der Waals surface area contributed by atoms with E-state index in [9.17, 15) is 4.79 Å². The first-order valence-corrected chi connectivity index (χ1v) is 7.54. The minimum atomic E-state index is 0.0534. The molecule has 1 aromatic rings. The van der Waals surface area contributed by atoms with Crippen molar-refractivity contribution in [2.24, 2.45) is 11.3 Å². The molecule has 0 spiro atoms. The molecule has 0 heterocycles. The predicted molar refractivity (Wildman–Crippen MR) is 84.8 cm³/mol. The number of benzene rings is 1. The molecule has 3 nitrogen and oxygen atoms in total. The lowest BCUT2D eigenvalue weighted by Crippen LogP contribution is -2.31. The summed E-state index contributed by atoms with van der Waals surface area (Å²) in [5, 5.41) is 11.8. The van der Waals surface area contributed by atoms with Gasteiger partial charge in [-0.15, -0.1) is 0 Å². The summed E-state index contributed by atoms with van der Waals surface area (Å²) in [4.78, 5) is 12.5. The minimum Gasteiger partial charge on any atom is -0.395 e. The maximum absolute atomic E-state index is 12.5. The van der Waals surface area contributed by atoms with Crippen LogP contribution in [0.4, 0.5) is 5.69 Å². The third-order valence-corrected chi connectivity index (χ3v) is 4.22. The Labute approximate surface area is 126 Å². The first-order chi connectivity index (χ1) is 10.0. The molecule has 2 rings (SSSR count). The fourth-order valence-corrected chi connectivity index (χ4v) is 2.95. The van der Waals surface area contributed by atoms with Crippen LogP contribution in [0.3, 0.4) is 0 Å². The minimum absolute atomic E-state index is 0.0534. The molecular weight excluding hydrogens is 262 g/mol. The van der Waals surface area contributed by atoms with Gasteiger partial charge in [-0.3, -0.25) is 4.79 Å². The van der Waals surface area contributed by atoms with Crippen molar-refractivity contribution in [3.05, 3.63) is 29.8 Å². The number of nitrogens with one attached hydrogen (secondary N) is 1. The maximum Gasteiger partial charge on any atom is 0.228 e. The highest BCUT2D eigenvalue weighted by Gasteiger charge is 2.39. The average molecular weight is 285 g/mol. The smallest absolute Gasteiger partial charge is 0.228 e. The molecule has 2 N–H and O–H groups in total. The molecule has 1 aliphatic rings. The summed E-state index contributed by atoms with van der Waals surface area (Å²) >= 11 is 0. The summed E-state index contributed by atoms with van der Waals surface area (Å²) in [6.45, 7) is 4.38. The SMILES string of the molecule is CC1(C)CCCC1C(=O)Nc1ccccc1C#CCCO. The van der Waals surface area contributed by atoms with E-state index >= 15 is 0 Å². The molecular formula is C18H23NO2. The van der Waals surface area contributed by atoms with E-state index in [0.717, 1.165) is 30.5 Å². The zero-order valence-corrected chi connectivity index (χ0v) is 12.8. The molecule has 3 heteroatoms. The molecule has 1 unspecified atom stereocenters. The summed E-state index contributed by atoms with van der Waals surface area (Å²) in [5.41, 5.74) is 1.63. The van der Waals surface area contributed by atoms with E-state index in [4.69, 9.17) is 5.11 Å². The Hall–Kier alpha value is -1.79. The molecule has 0 radical (unpaired) electrons. The van der Waals surface area contributed by atoms with Crippen molar-refractivity contribution in [2.75, 3.05) is 11.9 Å². The highest BCUT2D eigenvalue weighted by Crippen LogP contribution is 2.43. The van der Waals surface area contributed by atoms with Crippen molar-refractivity contribution in [3.8, 4) is 11.8 Å². The third-order valence-electron chi connectivity index (χ3n) is 4.22. The van der Waals surface area contributed by atoms with Gasteiger partial charge in [-0.1, -0.05) is 44.2 Å². The van der Waals surface area contributed by atoms with Gasteiger partial charge in [0.2, 0.25) is 5.91 Å². The number of aliphatic hydroxyl groups excluding tert-OH is 1. The molecule has 0 aromatic heterocycles. The molecule has 1 amide bonds. The highest BCUT2D eigenvalue weighted by atomic mass is 16.2. The second kappa shape index (κ2) is 6.78. The van der Waals surface area contributed by atoms with Gasteiger partial charge in [-0.25, -0.2) is 0 Å². The molecule has 1 aromatic carbocycles. The fourth-order valence-electron chi connectivity index (χ4n) is 2.95. The zero-order chi connectivity index (χ0) is 15.3. The predicted octanol–water partition coefficient (Wildman–Crippen LogP) is 3.19. The first kappa shape index (κ1) is 15.6. The van der Waals surface area contributed by atoms with Gasteiger partial charge in [-0.05, 0) is 30.4 Å². The van der Waals surface area contributed by atoms with Gasteiger partial charge in [0.05, 0.1) is 12.3 Å². The van der Waals surface area contributed by atoms with E-state index in [0.29, 0.717) is 6.42 Å². The lowest BCUT2D eigenvalue weighted by atomic mass is 9.81. The number of para-hydroxylation sites is 1. The van der Waals surface area contributed by atoms with E-state index in [1.54, 1.807) is 0 Å². The van der Waals surface area contributed by atoms with Gasteiger partial charge in [0.25, 0.3) is 0 Å². The van der Waals surface area contributed by atoms with Crippen molar-refractivity contribution in [3.63, 3.8) is 0 Å². The van der Waals surface area contributed by atoms with Crippen LogP contribution in [0.15, 0.2) is 24.3 Å². The Morgan fingerprint density at radius 3 is 2.86 bits per heavy atom. The van der Waals surface area contributed by atoms with Crippen LogP contribution in [0.5, 0.6) is 0 Å². The van der Waals surface area contributed by atoms with Crippen LogP contribution in [-0.4, -0.2) is 17.6 Å². The summed E-state index contributed by atoms with van der Waals surface area (Å²) < 4.78 is 0. The second-order valence-electron chi connectivity index (χ2n) is 6.24. The number of amides is 1. The Morgan fingerprint density at radius 2 is 2.19 bits per heavy atom. The van der Waals surface area contributed by atoms with Crippen LogP contribution in [0, 0.1) is 23.2 Å². The number of hydrogen-bond acceptors (Lipinski definition) is 2. The normalized spacial score (nSPS) is 19.7. The lowest BCUT2D eigenvalue weighted by molar-refractivity contribution is -0.122. The number of carbonyl (C=O) groups is 1. The topological polar surface area (TPSA) is 49.3 Å². The average Bonchev–Trinajstić information content (AvgIpc) is 2.80. The number of carbonyl (C=O) groups excluding carboxylic acids is 1. The van der Waals surface area contributed by atoms with E-state index < -0.39 is 0 Å². The maximum atomic E-state index is 12.5. The van der Waals surface area contributed by atoms with E-state index in [2.05, 4.69) is 31.0 Å². The zero-order valence-electron chi connectivity index (χ0n) is 12.8. The quantitative estimate of drug-likeness (QED) is 0.838. The molecule has 21 heavy (non-hydrogen) atoms. The number of hydrogen-bond donors (Lipinski definition) is 2. The van der Waals surface area contributed by atoms with Gasteiger partial charge >= 0.3 is 0 Å². The van der Waals surface area contributed by atoms with Gasteiger partial charge in [-0.2, -0.15) is 0 Å². The Balaban J connectivity index is 2.13. The van der Waals surface area contributed by atoms with Gasteiger partial charge in [0.1, 0.15) is 0 Å². The van der Waals surface area contributed by atoms with Gasteiger partial charge in [0, 0.05) is 17.9 Å². The molecule has 1 fully saturated rings. The van der Waals surface area contributed by atoms with Crippen LogP contribution in [0.25, 0.3) is 0 Å². The summed E-state index contributed by atoms with van der Waals surface area (Å²) in [5.74, 6) is 6.06. The summed E-state index contributed by atoms with van der Waals surface area (Å²) in [6, 6.07) is 7.56. The first-order valence-electron chi connectivity index (χ1n) is 7.54.